The zero-order valence-electron chi connectivity index (χ0n) is 15.0. The van der Waals surface area contributed by atoms with Gasteiger partial charge in [0.25, 0.3) is 5.91 Å². The highest BCUT2D eigenvalue weighted by Gasteiger charge is 2.11. The molecule has 0 aliphatic heterocycles. The Bertz CT molecular complexity index is 738. The molecule has 0 atom stereocenters. The van der Waals surface area contributed by atoms with E-state index in [2.05, 4.69) is 10.6 Å². The maximum atomic E-state index is 12.1. The number of benzene rings is 1. The molecule has 6 nitrogen and oxygen atoms in total. The number of carbonyl (C=O) groups excluding carboxylic acids is 3. The molecule has 0 aliphatic rings. The van der Waals surface area contributed by atoms with Gasteiger partial charge in [0.15, 0.2) is 0 Å². The Hall–Kier alpha value is -2.67. The standard InChI is InChI=1S/C19H23N3O3S/c1-3-22(4-2)18(24)11-14-5-7-16(8-6-14)21-17(23)12-20-19(25)15-9-10-26-13-15/h5-10,13H,3-4,11-12H2,1-2H3,(H,20,25)(H,21,23). The highest BCUT2D eigenvalue weighted by molar-refractivity contribution is 7.08. The Morgan fingerprint density at radius 2 is 1.73 bits per heavy atom. The zero-order chi connectivity index (χ0) is 18.9. The first kappa shape index (κ1) is 19.7. The summed E-state index contributed by atoms with van der Waals surface area (Å²) >= 11 is 1.43. The second kappa shape index (κ2) is 9.72. The largest absolute Gasteiger partial charge is 0.343 e. The van der Waals surface area contributed by atoms with Gasteiger partial charge >= 0.3 is 0 Å². The third kappa shape index (κ3) is 5.70. The average molecular weight is 373 g/mol. The van der Waals surface area contributed by atoms with Crippen molar-refractivity contribution in [2.75, 3.05) is 25.0 Å². The molecule has 2 N–H and O–H groups in total. The fourth-order valence-electron chi connectivity index (χ4n) is 2.43. The summed E-state index contributed by atoms with van der Waals surface area (Å²) in [6, 6.07) is 8.85. The van der Waals surface area contributed by atoms with E-state index in [1.807, 2.05) is 31.4 Å². The van der Waals surface area contributed by atoms with Crippen molar-refractivity contribution in [2.24, 2.45) is 0 Å². The molecule has 2 aromatic rings. The molecule has 7 heteroatoms. The fourth-order valence-corrected chi connectivity index (χ4v) is 3.07. The van der Waals surface area contributed by atoms with E-state index >= 15 is 0 Å². The minimum Gasteiger partial charge on any atom is -0.343 e. The van der Waals surface area contributed by atoms with E-state index in [9.17, 15) is 14.4 Å². The lowest BCUT2D eigenvalue weighted by molar-refractivity contribution is -0.130. The third-order valence-corrected chi connectivity index (χ3v) is 4.59. The predicted octanol–water partition coefficient (Wildman–Crippen LogP) is 2.53. The van der Waals surface area contributed by atoms with Gasteiger partial charge in [-0.1, -0.05) is 12.1 Å². The van der Waals surface area contributed by atoms with Crippen molar-refractivity contribution in [3.8, 4) is 0 Å². The molecule has 2 rings (SSSR count). The predicted molar refractivity (Wildman–Crippen MR) is 103 cm³/mol. The first-order valence-electron chi connectivity index (χ1n) is 8.50. The lowest BCUT2D eigenvalue weighted by Gasteiger charge is -2.18. The summed E-state index contributed by atoms with van der Waals surface area (Å²) in [4.78, 5) is 37.6. The summed E-state index contributed by atoms with van der Waals surface area (Å²) in [6.45, 7) is 5.20. The lowest BCUT2D eigenvalue weighted by Crippen LogP contribution is -2.32. The SMILES string of the molecule is CCN(CC)C(=O)Cc1ccc(NC(=O)CNC(=O)c2ccsc2)cc1. The van der Waals surface area contributed by atoms with Crippen molar-refractivity contribution in [2.45, 2.75) is 20.3 Å². The summed E-state index contributed by atoms with van der Waals surface area (Å²) in [5.41, 5.74) is 2.06. The maximum absolute atomic E-state index is 12.1. The molecule has 0 bridgehead atoms. The molecule has 1 aromatic heterocycles. The van der Waals surface area contributed by atoms with Crippen LogP contribution >= 0.6 is 11.3 Å². The van der Waals surface area contributed by atoms with Crippen LogP contribution in [0.5, 0.6) is 0 Å². The van der Waals surface area contributed by atoms with Gasteiger partial charge in [-0.05, 0) is 43.0 Å². The molecule has 3 amide bonds. The van der Waals surface area contributed by atoms with Gasteiger partial charge < -0.3 is 15.5 Å². The van der Waals surface area contributed by atoms with Crippen LogP contribution in [-0.4, -0.2) is 42.3 Å². The van der Waals surface area contributed by atoms with Gasteiger partial charge in [0.2, 0.25) is 11.8 Å². The van der Waals surface area contributed by atoms with Crippen LogP contribution in [0.1, 0.15) is 29.8 Å². The number of nitrogens with zero attached hydrogens (tertiary/aromatic N) is 1. The first-order valence-corrected chi connectivity index (χ1v) is 9.44. The monoisotopic (exact) mass is 373 g/mol. The van der Waals surface area contributed by atoms with Crippen LogP contribution in [-0.2, 0) is 16.0 Å². The number of anilines is 1. The van der Waals surface area contributed by atoms with Gasteiger partial charge in [0.1, 0.15) is 0 Å². The number of thiophene rings is 1. The highest BCUT2D eigenvalue weighted by atomic mass is 32.1. The minimum absolute atomic E-state index is 0.0860. The Balaban J connectivity index is 1.81. The van der Waals surface area contributed by atoms with Crippen LogP contribution in [0.4, 0.5) is 5.69 Å². The topological polar surface area (TPSA) is 78.5 Å². The van der Waals surface area contributed by atoms with Gasteiger partial charge in [-0.15, -0.1) is 0 Å². The number of hydrogen-bond donors (Lipinski definition) is 2. The van der Waals surface area contributed by atoms with Gasteiger partial charge in [0.05, 0.1) is 13.0 Å². The smallest absolute Gasteiger partial charge is 0.252 e. The molecule has 26 heavy (non-hydrogen) atoms. The molecule has 1 heterocycles. The van der Waals surface area contributed by atoms with E-state index < -0.39 is 0 Å². The van der Waals surface area contributed by atoms with Crippen molar-refractivity contribution in [3.63, 3.8) is 0 Å². The van der Waals surface area contributed by atoms with Crippen LogP contribution in [0.3, 0.4) is 0 Å². The molecule has 0 saturated heterocycles. The minimum atomic E-state index is -0.305. The Morgan fingerprint density at radius 1 is 1.04 bits per heavy atom. The number of rotatable bonds is 8. The number of nitrogens with one attached hydrogen (secondary N) is 2. The highest BCUT2D eigenvalue weighted by Crippen LogP contribution is 2.11. The molecule has 0 unspecified atom stereocenters. The molecular weight excluding hydrogens is 350 g/mol. The number of hydrogen-bond acceptors (Lipinski definition) is 4. The molecule has 0 fully saturated rings. The van der Waals surface area contributed by atoms with Crippen molar-refractivity contribution >= 4 is 34.7 Å². The van der Waals surface area contributed by atoms with Gasteiger partial charge in [0, 0.05) is 29.7 Å². The molecule has 0 aliphatic carbocycles. The number of carbonyl (C=O) groups is 3. The second-order valence-electron chi connectivity index (χ2n) is 5.68. The van der Waals surface area contributed by atoms with Crippen LogP contribution in [0.25, 0.3) is 0 Å². The number of likely N-dealkylation sites (N-methyl/N-ethyl adjacent to an activating group) is 1. The Labute approximate surface area is 157 Å². The zero-order valence-corrected chi connectivity index (χ0v) is 15.8. The van der Waals surface area contributed by atoms with Crippen molar-refractivity contribution < 1.29 is 14.4 Å². The Morgan fingerprint density at radius 3 is 2.31 bits per heavy atom. The van der Waals surface area contributed by atoms with Gasteiger partial charge in [-0.3, -0.25) is 14.4 Å². The summed E-state index contributed by atoms with van der Waals surface area (Å²) in [7, 11) is 0. The molecule has 0 spiro atoms. The Kier molecular flexibility index (Phi) is 7.35. The quantitative estimate of drug-likeness (QED) is 0.746. The van der Waals surface area contributed by atoms with Crippen molar-refractivity contribution in [3.05, 3.63) is 52.2 Å². The first-order chi connectivity index (χ1) is 12.5. The average Bonchev–Trinajstić information content (AvgIpc) is 3.17. The fraction of sp³-hybridized carbons (Fsp3) is 0.316. The number of amides is 3. The molecule has 138 valence electrons. The molecule has 1 aromatic carbocycles. The van der Waals surface area contributed by atoms with E-state index in [0.717, 1.165) is 5.56 Å². The summed E-state index contributed by atoms with van der Waals surface area (Å²) in [5.74, 6) is -0.491. The molecule has 0 radical (unpaired) electrons. The molecular formula is C19H23N3O3S. The second-order valence-corrected chi connectivity index (χ2v) is 6.46. The van der Waals surface area contributed by atoms with Crippen molar-refractivity contribution in [1.29, 1.82) is 0 Å². The van der Waals surface area contributed by atoms with Crippen molar-refractivity contribution in [1.82, 2.24) is 10.2 Å². The van der Waals surface area contributed by atoms with Crippen LogP contribution in [0.2, 0.25) is 0 Å². The van der Waals surface area contributed by atoms with E-state index in [4.69, 9.17) is 0 Å². The maximum Gasteiger partial charge on any atom is 0.252 e. The lowest BCUT2D eigenvalue weighted by atomic mass is 10.1. The third-order valence-electron chi connectivity index (χ3n) is 3.90. The summed E-state index contributed by atoms with van der Waals surface area (Å²) in [5, 5.41) is 8.83. The van der Waals surface area contributed by atoms with E-state index in [-0.39, 0.29) is 24.3 Å². The van der Waals surface area contributed by atoms with Gasteiger partial charge in [-0.25, -0.2) is 0 Å². The van der Waals surface area contributed by atoms with E-state index in [1.165, 1.54) is 11.3 Å². The summed E-state index contributed by atoms with van der Waals surface area (Å²) in [6.07, 6.45) is 0.340. The normalized spacial score (nSPS) is 10.2. The summed E-state index contributed by atoms with van der Waals surface area (Å²) < 4.78 is 0. The molecule has 0 saturated carbocycles. The van der Waals surface area contributed by atoms with E-state index in [0.29, 0.717) is 30.8 Å². The van der Waals surface area contributed by atoms with Crippen LogP contribution in [0, 0.1) is 0 Å². The van der Waals surface area contributed by atoms with Crippen LogP contribution < -0.4 is 10.6 Å². The van der Waals surface area contributed by atoms with Crippen LogP contribution in [0.15, 0.2) is 41.1 Å². The van der Waals surface area contributed by atoms with Gasteiger partial charge in [-0.2, -0.15) is 11.3 Å². The van der Waals surface area contributed by atoms with E-state index in [1.54, 1.807) is 28.5 Å².